The third-order valence-electron chi connectivity index (χ3n) is 3.90. The lowest BCUT2D eigenvalue weighted by molar-refractivity contribution is 0.0301. The first kappa shape index (κ1) is 16.9. The van der Waals surface area contributed by atoms with Crippen molar-refractivity contribution in [2.24, 2.45) is 0 Å². The van der Waals surface area contributed by atoms with Crippen molar-refractivity contribution in [1.29, 1.82) is 0 Å². The molecule has 0 atom stereocenters. The summed E-state index contributed by atoms with van der Waals surface area (Å²) >= 11 is 0. The molecule has 0 bridgehead atoms. The van der Waals surface area contributed by atoms with Crippen LogP contribution in [0, 0.1) is 0 Å². The van der Waals surface area contributed by atoms with Gasteiger partial charge in [0.15, 0.2) is 0 Å². The summed E-state index contributed by atoms with van der Waals surface area (Å²) in [7, 11) is 0. The van der Waals surface area contributed by atoms with E-state index in [0.29, 0.717) is 26.3 Å². The van der Waals surface area contributed by atoms with Gasteiger partial charge < -0.3 is 9.64 Å². The van der Waals surface area contributed by atoms with Gasteiger partial charge in [-0.15, -0.1) is 0 Å². The van der Waals surface area contributed by atoms with E-state index in [1.165, 1.54) is 0 Å². The number of morpholine rings is 1. The second-order valence-electron chi connectivity index (χ2n) is 8.00. The zero-order chi connectivity index (χ0) is 16.5. The predicted octanol–water partition coefficient (Wildman–Crippen LogP) is 3.15. The first-order valence-corrected chi connectivity index (χ1v) is 8.00. The fourth-order valence-electron chi connectivity index (χ4n) is 2.56. The number of carbonyl (C=O) groups is 1. The van der Waals surface area contributed by atoms with Crippen molar-refractivity contribution in [2.45, 2.75) is 52.4 Å². The molecule has 0 spiro atoms. The van der Waals surface area contributed by atoms with Gasteiger partial charge in [0.05, 0.1) is 24.5 Å². The first-order valence-electron chi connectivity index (χ1n) is 8.00. The molecule has 2 rings (SSSR count). The molecular formula is C18H28N2O2. The van der Waals surface area contributed by atoms with Crippen molar-refractivity contribution in [2.75, 3.05) is 26.3 Å². The van der Waals surface area contributed by atoms with E-state index < -0.39 is 0 Å². The molecule has 0 N–H and O–H groups in total. The van der Waals surface area contributed by atoms with Crippen molar-refractivity contribution in [1.82, 2.24) is 9.88 Å². The van der Waals surface area contributed by atoms with Gasteiger partial charge in [0.25, 0.3) is 5.91 Å². The van der Waals surface area contributed by atoms with Gasteiger partial charge in [-0.1, -0.05) is 41.5 Å². The summed E-state index contributed by atoms with van der Waals surface area (Å²) in [5.41, 5.74) is 2.44. The molecule has 1 saturated heterocycles. The van der Waals surface area contributed by atoms with Crippen LogP contribution in [0.5, 0.6) is 0 Å². The third kappa shape index (κ3) is 3.67. The number of aromatic nitrogens is 1. The Bertz CT molecular complexity index is 547. The molecule has 0 aromatic carbocycles. The number of ether oxygens (including phenoxy) is 1. The van der Waals surface area contributed by atoms with E-state index in [-0.39, 0.29) is 16.7 Å². The first-order chi connectivity index (χ1) is 10.1. The van der Waals surface area contributed by atoms with E-state index >= 15 is 0 Å². The zero-order valence-corrected chi connectivity index (χ0v) is 14.7. The summed E-state index contributed by atoms with van der Waals surface area (Å²) in [6, 6.07) is 3.94. The molecule has 1 aliphatic rings. The van der Waals surface area contributed by atoms with Gasteiger partial charge >= 0.3 is 0 Å². The van der Waals surface area contributed by atoms with Crippen molar-refractivity contribution in [3.63, 3.8) is 0 Å². The highest BCUT2D eigenvalue weighted by Crippen LogP contribution is 2.29. The molecule has 22 heavy (non-hydrogen) atoms. The SMILES string of the molecule is CC(C)(C)c1ccc(C(=O)N2CCOCC2)c(C(C)(C)C)n1. The van der Waals surface area contributed by atoms with Gasteiger partial charge in [0, 0.05) is 29.6 Å². The molecule has 0 saturated carbocycles. The quantitative estimate of drug-likeness (QED) is 0.800. The molecule has 2 heterocycles. The largest absolute Gasteiger partial charge is 0.378 e. The smallest absolute Gasteiger partial charge is 0.255 e. The Labute approximate surface area is 133 Å². The molecule has 4 nitrogen and oxygen atoms in total. The molecule has 1 aliphatic heterocycles. The molecule has 1 amide bonds. The molecule has 0 radical (unpaired) electrons. The zero-order valence-electron chi connectivity index (χ0n) is 14.7. The Morgan fingerprint density at radius 3 is 2.14 bits per heavy atom. The Morgan fingerprint density at radius 1 is 1.05 bits per heavy atom. The molecular weight excluding hydrogens is 276 g/mol. The lowest BCUT2D eigenvalue weighted by atomic mass is 9.85. The Hall–Kier alpha value is -1.42. The molecule has 0 aliphatic carbocycles. The number of carbonyl (C=O) groups excluding carboxylic acids is 1. The summed E-state index contributed by atoms with van der Waals surface area (Å²) in [5.74, 6) is 0.0705. The lowest BCUT2D eigenvalue weighted by Crippen LogP contribution is -2.41. The number of rotatable bonds is 1. The highest BCUT2D eigenvalue weighted by molar-refractivity contribution is 5.95. The average molecular weight is 304 g/mol. The fraction of sp³-hybridized carbons (Fsp3) is 0.667. The molecule has 122 valence electrons. The Balaban J connectivity index is 2.44. The summed E-state index contributed by atoms with van der Waals surface area (Å²) in [6.07, 6.45) is 0. The molecule has 1 aromatic rings. The lowest BCUT2D eigenvalue weighted by Gasteiger charge is -2.30. The maximum atomic E-state index is 12.9. The Morgan fingerprint density at radius 2 is 1.64 bits per heavy atom. The summed E-state index contributed by atoms with van der Waals surface area (Å²) < 4.78 is 5.34. The monoisotopic (exact) mass is 304 g/mol. The van der Waals surface area contributed by atoms with Crippen LogP contribution in [0.15, 0.2) is 12.1 Å². The van der Waals surface area contributed by atoms with Crippen LogP contribution >= 0.6 is 0 Å². The maximum absolute atomic E-state index is 12.9. The van der Waals surface area contributed by atoms with Crippen LogP contribution in [0.2, 0.25) is 0 Å². The van der Waals surface area contributed by atoms with Gasteiger partial charge in [-0.3, -0.25) is 9.78 Å². The van der Waals surface area contributed by atoms with Crippen molar-refractivity contribution in [3.05, 3.63) is 29.1 Å². The van der Waals surface area contributed by atoms with Crippen LogP contribution < -0.4 is 0 Å². The van der Waals surface area contributed by atoms with Crippen molar-refractivity contribution >= 4 is 5.91 Å². The third-order valence-corrected chi connectivity index (χ3v) is 3.90. The van der Waals surface area contributed by atoms with E-state index in [9.17, 15) is 4.79 Å². The van der Waals surface area contributed by atoms with E-state index in [1.54, 1.807) is 0 Å². The van der Waals surface area contributed by atoms with Crippen LogP contribution in [0.4, 0.5) is 0 Å². The second-order valence-corrected chi connectivity index (χ2v) is 8.00. The highest BCUT2D eigenvalue weighted by Gasteiger charge is 2.29. The van der Waals surface area contributed by atoms with Crippen molar-refractivity contribution < 1.29 is 9.53 Å². The van der Waals surface area contributed by atoms with Crippen LogP contribution in [-0.2, 0) is 15.6 Å². The fourth-order valence-corrected chi connectivity index (χ4v) is 2.56. The minimum absolute atomic E-state index is 0.0272. The number of hydrogen-bond donors (Lipinski definition) is 0. The molecule has 1 fully saturated rings. The number of amides is 1. The van der Waals surface area contributed by atoms with E-state index in [1.807, 2.05) is 17.0 Å². The molecule has 0 unspecified atom stereocenters. The van der Waals surface area contributed by atoms with E-state index in [0.717, 1.165) is 17.0 Å². The predicted molar refractivity (Wildman–Crippen MR) is 88.4 cm³/mol. The highest BCUT2D eigenvalue weighted by atomic mass is 16.5. The summed E-state index contributed by atoms with van der Waals surface area (Å²) in [6.45, 7) is 15.3. The molecule has 1 aromatic heterocycles. The van der Waals surface area contributed by atoms with Gasteiger partial charge in [-0.25, -0.2) is 0 Å². The van der Waals surface area contributed by atoms with Crippen molar-refractivity contribution in [3.8, 4) is 0 Å². The van der Waals surface area contributed by atoms with E-state index in [2.05, 4.69) is 41.5 Å². The molecule has 4 heteroatoms. The van der Waals surface area contributed by atoms with Gasteiger partial charge in [0.1, 0.15) is 0 Å². The van der Waals surface area contributed by atoms with Gasteiger partial charge in [0.2, 0.25) is 0 Å². The summed E-state index contributed by atoms with van der Waals surface area (Å²) in [4.78, 5) is 19.6. The van der Waals surface area contributed by atoms with Crippen LogP contribution in [0.25, 0.3) is 0 Å². The second kappa shape index (κ2) is 5.99. The minimum atomic E-state index is -0.168. The minimum Gasteiger partial charge on any atom is -0.378 e. The number of nitrogens with zero attached hydrogens (tertiary/aromatic N) is 2. The van der Waals surface area contributed by atoms with Gasteiger partial charge in [-0.2, -0.15) is 0 Å². The standard InChI is InChI=1S/C18H28N2O2/c1-17(2,3)14-8-7-13(15(19-14)18(4,5)6)16(21)20-9-11-22-12-10-20/h7-8H,9-12H2,1-6H3. The normalized spacial score (nSPS) is 16.7. The topological polar surface area (TPSA) is 42.4 Å². The summed E-state index contributed by atoms with van der Waals surface area (Å²) in [5, 5.41) is 0. The van der Waals surface area contributed by atoms with Gasteiger partial charge in [-0.05, 0) is 12.1 Å². The number of pyridine rings is 1. The number of hydrogen-bond acceptors (Lipinski definition) is 3. The van der Waals surface area contributed by atoms with E-state index in [4.69, 9.17) is 9.72 Å². The van der Waals surface area contributed by atoms with Crippen LogP contribution in [0.3, 0.4) is 0 Å². The van der Waals surface area contributed by atoms with Crippen LogP contribution in [0.1, 0.15) is 63.3 Å². The maximum Gasteiger partial charge on any atom is 0.255 e. The van der Waals surface area contributed by atoms with Crippen LogP contribution in [-0.4, -0.2) is 42.1 Å². The average Bonchev–Trinajstić information content (AvgIpc) is 2.45. The Kier molecular flexibility index (Phi) is 4.62.